The lowest BCUT2D eigenvalue weighted by atomic mass is 10.2. The molecule has 0 bridgehead atoms. The van der Waals surface area contributed by atoms with E-state index in [1.807, 2.05) is 24.3 Å². The normalized spacial score (nSPS) is 10.7. The Balaban J connectivity index is 2.15. The minimum Gasteiger partial charge on any atom is -0.496 e. The summed E-state index contributed by atoms with van der Waals surface area (Å²) in [7, 11) is 1.59. The molecule has 22 heavy (non-hydrogen) atoms. The van der Waals surface area contributed by atoms with E-state index in [4.69, 9.17) is 9.47 Å². The van der Waals surface area contributed by atoms with E-state index in [9.17, 15) is 4.79 Å². The number of methoxy groups -OCH3 is 1. The maximum atomic E-state index is 11.9. The number of anilines is 1. The fourth-order valence-electron chi connectivity index (χ4n) is 1.90. The molecule has 1 heterocycles. The number of rotatable bonds is 6. The maximum absolute atomic E-state index is 11.9. The number of aryl methyl sites for hydroxylation is 1. The first-order valence-corrected chi connectivity index (χ1v) is 6.81. The van der Waals surface area contributed by atoms with Gasteiger partial charge in [0.05, 0.1) is 19.9 Å². The minimum absolute atomic E-state index is 0.299. The van der Waals surface area contributed by atoms with E-state index in [1.54, 1.807) is 27.2 Å². The van der Waals surface area contributed by atoms with Crippen LogP contribution < -0.4 is 10.2 Å². The number of nitrogens with zero attached hydrogens (tertiary/aromatic N) is 2. The number of carbonyl (C=O) groups excluding carboxylic acids is 1. The number of carbonyl (C=O) groups is 1. The SMILES string of the molecule is CCOC(=O)c1c(N/N=C/c2ccccc2OC)n[nH]c1C. The first kappa shape index (κ1) is 15.6. The van der Waals surface area contributed by atoms with E-state index >= 15 is 0 Å². The molecule has 0 spiro atoms. The van der Waals surface area contributed by atoms with Crippen molar-refractivity contribution in [3.05, 3.63) is 41.1 Å². The molecular weight excluding hydrogens is 284 g/mol. The molecule has 0 fully saturated rings. The van der Waals surface area contributed by atoms with Gasteiger partial charge in [-0.1, -0.05) is 12.1 Å². The van der Waals surface area contributed by atoms with Gasteiger partial charge in [0.1, 0.15) is 11.3 Å². The maximum Gasteiger partial charge on any atom is 0.343 e. The number of aromatic amines is 1. The van der Waals surface area contributed by atoms with Crippen LogP contribution in [0.3, 0.4) is 0 Å². The number of hydrazone groups is 1. The van der Waals surface area contributed by atoms with Crippen LogP contribution in [0.2, 0.25) is 0 Å². The Morgan fingerprint density at radius 3 is 2.95 bits per heavy atom. The molecule has 2 rings (SSSR count). The molecule has 0 aliphatic carbocycles. The van der Waals surface area contributed by atoms with Gasteiger partial charge in [-0.25, -0.2) is 4.79 Å². The van der Waals surface area contributed by atoms with Gasteiger partial charge in [0, 0.05) is 11.3 Å². The molecule has 2 N–H and O–H groups in total. The van der Waals surface area contributed by atoms with Crippen LogP contribution in [0.4, 0.5) is 5.82 Å². The van der Waals surface area contributed by atoms with Gasteiger partial charge in [-0.05, 0) is 26.0 Å². The van der Waals surface area contributed by atoms with Crippen molar-refractivity contribution in [3.8, 4) is 5.75 Å². The van der Waals surface area contributed by atoms with Gasteiger partial charge >= 0.3 is 5.97 Å². The van der Waals surface area contributed by atoms with Crippen molar-refractivity contribution in [1.29, 1.82) is 0 Å². The second-order valence-electron chi connectivity index (χ2n) is 4.40. The zero-order valence-electron chi connectivity index (χ0n) is 12.7. The van der Waals surface area contributed by atoms with Crippen LogP contribution in [0.5, 0.6) is 5.75 Å². The van der Waals surface area contributed by atoms with Gasteiger partial charge in [0.15, 0.2) is 5.82 Å². The van der Waals surface area contributed by atoms with Crippen LogP contribution in [-0.4, -0.2) is 36.1 Å². The van der Waals surface area contributed by atoms with Crippen LogP contribution in [0.1, 0.15) is 28.5 Å². The average molecular weight is 302 g/mol. The lowest BCUT2D eigenvalue weighted by Gasteiger charge is -2.04. The molecular formula is C15H18N4O3. The first-order chi connectivity index (χ1) is 10.7. The average Bonchev–Trinajstić information content (AvgIpc) is 2.89. The summed E-state index contributed by atoms with van der Waals surface area (Å²) >= 11 is 0. The van der Waals surface area contributed by atoms with Gasteiger partial charge in [-0.2, -0.15) is 10.2 Å². The molecule has 0 unspecified atom stereocenters. The highest BCUT2D eigenvalue weighted by molar-refractivity contribution is 5.96. The van der Waals surface area contributed by atoms with Crippen LogP contribution in [-0.2, 0) is 4.74 Å². The highest BCUT2D eigenvalue weighted by Gasteiger charge is 2.18. The molecule has 0 saturated carbocycles. The molecule has 0 aliphatic rings. The molecule has 116 valence electrons. The highest BCUT2D eigenvalue weighted by Crippen LogP contribution is 2.18. The number of nitrogens with one attached hydrogen (secondary N) is 2. The third kappa shape index (κ3) is 3.43. The molecule has 0 saturated heterocycles. The molecule has 2 aromatic rings. The Morgan fingerprint density at radius 2 is 2.23 bits per heavy atom. The van der Waals surface area contributed by atoms with Crippen molar-refractivity contribution in [2.24, 2.45) is 5.10 Å². The molecule has 7 heteroatoms. The number of H-pyrrole nitrogens is 1. The summed E-state index contributed by atoms with van der Waals surface area (Å²) in [6.07, 6.45) is 1.60. The van der Waals surface area contributed by atoms with Crippen molar-refractivity contribution >= 4 is 18.0 Å². The van der Waals surface area contributed by atoms with Crippen molar-refractivity contribution in [2.45, 2.75) is 13.8 Å². The third-order valence-corrected chi connectivity index (χ3v) is 2.94. The van der Waals surface area contributed by atoms with Gasteiger partial charge in [0.2, 0.25) is 0 Å². The summed E-state index contributed by atoms with van der Waals surface area (Å²) in [5.41, 5.74) is 4.52. The van der Waals surface area contributed by atoms with Crippen LogP contribution >= 0.6 is 0 Å². The predicted octanol–water partition coefficient (Wildman–Crippen LogP) is 2.35. The van der Waals surface area contributed by atoms with E-state index in [1.165, 1.54) is 0 Å². The highest BCUT2D eigenvalue weighted by atomic mass is 16.5. The van der Waals surface area contributed by atoms with Crippen molar-refractivity contribution in [2.75, 3.05) is 19.1 Å². The lowest BCUT2D eigenvalue weighted by molar-refractivity contribution is 0.0526. The van der Waals surface area contributed by atoms with E-state index < -0.39 is 5.97 Å². The van der Waals surface area contributed by atoms with Crippen LogP contribution in [0, 0.1) is 6.92 Å². The van der Waals surface area contributed by atoms with E-state index in [0.29, 0.717) is 29.4 Å². The number of hydrogen-bond acceptors (Lipinski definition) is 6. The minimum atomic E-state index is -0.441. The largest absolute Gasteiger partial charge is 0.496 e. The summed E-state index contributed by atoms with van der Waals surface area (Å²) in [5, 5.41) is 10.8. The van der Waals surface area contributed by atoms with Crippen LogP contribution in [0.25, 0.3) is 0 Å². The Morgan fingerprint density at radius 1 is 1.45 bits per heavy atom. The van der Waals surface area contributed by atoms with Gasteiger partial charge in [-0.3, -0.25) is 10.5 Å². The quantitative estimate of drug-likeness (QED) is 0.486. The van der Waals surface area contributed by atoms with Crippen LogP contribution in [0.15, 0.2) is 29.4 Å². The van der Waals surface area contributed by atoms with E-state index in [2.05, 4.69) is 20.7 Å². The fourth-order valence-corrected chi connectivity index (χ4v) is 1.90. The molecule has 1 aromatic heterocycles. The standard InChI is InChI=1S/C15H18N4O3/c1-4-22-15(20)13-10(2)17-19-14(13)18-16-9-11-7-5-6-8-12(11)21-3/h5-9H,4H2,1-3H3,(H2,17,18,19)/b16-9+. The number of ether oxygens (including phenoxy) is 2. The van der Waals surface area contributed by atoms with Crippen molar-refractivity contribution < 1.29 is 14.3 Å². The molecule has 7 nitrogen and oxygen atoms in total. The van der Waals surface area contributed by atoms with Gasteiger partial charge < -0.3 is 9.47 Å². The lowest BCUT2D eigenvalue weighted by Crippen LogP contribution is -2.08. The Kier molecular flexibility index (Phi) is 5.13. The monoisotopic (exact) mass is 302 g/mol. The second-order valence-corrected chi connectivity index (χ2v) is 4.40. The second kappa shape index (κ2) is 7.26. The number of aromatic nitrogens is 2. The summed E-state index contributed by atoms with van der Waals surface area (Å²) in [4.78, 5) is 11.9. The molecule has 0 amide bonds. The topological polar surface area (TPSA) is 88.6 Å². The molecule has 1 aromatic carbocycles. The first-order valence-electron chi connectivity index (χ1n) is 6.81. The van der Waals surface area contributed by atoms with Crippen molar-refractivity contribution in [3.63, 3.8) is 0 Å². The van der Waals surface area contributed by atoms with E-state index in [0.717, 1.165) is 5.56 Å². The summed E-state index contributed by atoms with van der Waals surface area (Å²) in [6.45, 7) is 3.79. The van der Waals surface area contributed by atoms with Gasteiger partial charge in [0.25, 0.3) is 0 Å². The molecule has 0 radical (unpaired) electrons. The summed E-state index contributed by atoms with van der Waals surface area (Å²) < 4.78 is 10.2. The van der Waals surface area contributed by atoms with Crippen molar-refractivity contribution in [1.82, 2.24) is 10.2 Å². The zero-order valence-corrected chi connectivity index (χ0v) is 12.7. The number of para-hydroxylation sites is 1. The summed E-state index contributed by atoms with van der Waals surface area (Å²) in [5.74, 6) is 0.586. The number of benzene rings is 1. The fraction of sp³-hybridized carbons (Fsp3) is 0.267. The number of hydrogen-bond donors (Lipinski definition) is 2. The third-order valence-electron chi connectivity index (χ3n) is 2.94. The van der Waals surface area contributed by atoms with Gasteiger partial charge in [-0.15, -0.1) is 0 Å². The summed E-state index contributed by atoms with van der Waals surface area (Å²) in [6, 6.07) is 7.46. The van der Waals surface area contributed by atoms with E-state index in [-0.39, 0.29) is 0 Å². The Bertz CT molecular complexity index is 679. The smallest absolute Gasteiger partial charge is 0.343 e. The molecule has 0 aliphatic heterocycles. The predicted molar refractivity (Wildman–Crippen MR) is 83.5 cm³/mol. The molecule has 0 atom stereocenters. The Hall–Kier alpha value is -2.83. The Labute approximate surface area is 128 Å². The zero-order chi connectivity index (χ0) is 15.9. The number of esters is 1.